The SMILES string of the molecule is CCCCC(=O)N(Cc1ccc2c(c1)Oc1ccccc1C=C2c1nn[nH]n1)[C@H](C(=O)OC)C(C)C. The molecule has 36 heavy (non-hydrogen) atoms. The number of para-hydroxylation sites is 1. The molecule has 0 bridgehead atoms. The van der Waals surface area contributed by atoms with Crippen molar-refractivity contribution < 1.29 is 19.1 Å². The fraction of sp³-hybridized carbons (Fsp3) is 0.370. The van der Waals surface area contributed by atoms with Gasteiger partial charge >= 0.3 is 5.97 Å². The molecule has 3 aromatic rings. The van der Waals surface area contributed by atoms with E-state index in [-0.39, 0.29) is 18.4 Å². The quantitative estimate of drug-likeness (QED) is 0.342. The Morgan fingerprint density at radius 3 is 2.64 bits per heavy atom. The Bertz CT molecular complexity index is 1250. The second-order valence-electron chi connectivity index (χ2n) is 9.10. The first kappa shape index (κ1) is 25.1. The van der Waals surface area contributed by atoms with Gasteiger partial charge in [0.05, 0.1) is 7.11 Å². The van der Waals surface area contributed by atoms with E-state index in [0.717, 1.165) is 35.1 Å². The molecular weight excluding hydrogens is 458 g/mol. The Hall–Kier alpha value is -4.01. The number of nitrogens with one attached hydrogen (secondary N) is 1. The van der Waals surface area contributed by atoms with Gasteiger partial charge in [0.25, 0.3) is 0 Å². The molecule has 2 aromatic carbocycles. The number of H-pyrrole nitrogens is 1. The fourth-order valence-corrected chi connectivity index (χ4v) is 4.37. The minimum absolute atomic E-state index is 0.0745. The molecule has 0 unspecified atom stereocenters. The lowest BCUT2D eigenvalue weighted by molar-refractivity contribution is -0.155. The van der Waals surface area contributed by atoms with Gasteiger partial charge in [0.1, 0.15) is 17.5 Å². The number of hydrogen-bond donors (Lipinski definition) is 1. The van der Waals surface area contributed by atoms with Crippen molar-refractivity contribution in [2.24, 2.45) is 5.92 Å². The molecule has 1 aliphatic rings. The molecule has 0 spiro atoms. The molecule has 1 amide bonds. The molecule has 1 aliphatic heterocycles. The average molecular weight is 490 g/mol. The minimum atomic E-state index is -0.686. The van der Waals surface area contributed by atoms with Gasteiger partial charge in [0.2, 0.25) is 11.7 Å². The summed E-state index contributed by atoms with van der Waals surface area (Å²) in [7, 11) is 1.35. The third kappa shape index (κ3) is 5.30. The summed E-state index contributed by atoms with van der Waals surface area (Å²) >= 11 is 0. The average Bonchev–Trinajstić information content (AvgIpc) is 3.35. The number of nitrogens with zero attached hydrogens (tertiary/aromatic N) is 4. The number of carbonyl (C=O) groups excluding carboxylic acids is 2. The molecule has 9 heteroatoms. The number of amides is 1. The first-order valence-electron chi connectivity index (χ1n) is 12.2. The fourth-order valence-electron chi connectivity index (χ4n) is 4.37. The van der Waals surface area contributed by atoms with Crippen molar-refractivity contribution in [1.82, 2.24) is 25.5 Å². The summed E-state index contributed by atoms with van der Waals surface area (Å²) in [5.41, 5.74) is 3.28. The van der Waals surface area contributed by atoms with Crippen molar-refractivity contribution >= 4 is 23.5 Å². The summed E-state index contributed by atoms with van der Waals surface area (Å²) in [5, 5.41) is 14.6. The Labute approximate surface area is 210 Å². The van der Waals surface area contributed by atoms with E-state index in [9.17, 15) is 9.59 Å². The number of esters is 1. The van der Waals surface area contributed by atoms with E-state index >= 15 is 0 Å². The molecule has 1 N–H and O–H groups in total. The Kier molecular flexibility index (Phi) is 7.77. The summed E-state index contributed by atoms with van der Waals surface area (Å²) in [6, 6.07) is 12.8. The number of tetrazole rings is 1. The van der Waals surface area contributed by atoms with Crippen LogP contribution in [0.5, 0.6) is 11.5 Å². The van der Waals surface area contributed by atoms with Crippen LogP contribution in [-0.4, -0.2) is 50.6 Å². The van der Waals surface area contributed by atoms with Crippen molar-refractivity contribution in [3.63, 3.8) is 0 Å². The largest absolute Gasteiger partial charge is 0.467 e. The first-order chi connectivity index (χ1) is 17.4. The van der Waals surface area contributed by atoms with Crippen LogP contribution in [-0.2, 0) is 20.9 Å². The number of carbonyl (C=O) groups is 2. The molecule has 0 saturated heterocycles. The molecule has 2 heterocycles. The lowest BCUT2D eigenvalue weighted by Crippen LogP contribution is -2.48. The Balaban J connectivity index is 1.74. The van der Waals surface area contributed by atoms with E-state index in [1.807, 2.05) is 69.3 Å². The standard InChI is InChI=1S/C27H31N5O4/c1-5-6-11-24(33)32(25(17(2)3)27(34)35-4)16-18-12-13-20-21(26-28-30-31-29-26)15-19-9-7-8-10-22(19)36-23(20)14-18/h7-10,12-15,17,25H,5-6,11,16H2,1-4H3,(H,28,29,30,31)/t25-/m0/s1. The van der Waals surface area contributed by atoms with E-state index in [2.05, 4.69) is 20.6 Å². The maximum atomic E-state index is 13.2. The third-order valence-electron chi connectivity index (χ3n) is 6.19. The molecule has 0 radical (unpaired) electrons. The summed E-state index contributed by atoms with van der Waals surface area (Å²) in [6.07, 6.45) is 3.99. The molecule has 0 saturated carbocycles. The monoisotopic (exact) mass is 489 g/mol. The predicted molar refractivity (Wildman–Crippen MR) is 135 cm³/mol. The van der Waals surface area contributed by atoms with Gasteiger partial charge in [0, 0.05) is 29.7 Å². The normalized spacial score (nSPS) is 13.1. The predicted octanol–water partition coefficient (Wildman–Crippen LogP) is 4.61. The van der Waals surface area contributed by atoms with Crippen molar-refractivity contribution in [1.29, 1.82) is 0 Å². The lowest BCUT2D eigenvalue weighted by Gasteiger charge is -2.33. The highest BCUT2D eigenvalue weighted by molar-refractivity contribution is 5.93. The van der Waals surface area contributed by atoms with Crippen LogP contribution in [0.1, 0.15) is 62.5 Å². The van der Waals surface area contributed by atoms with Gasteiger partial charge in [-0.3, -0.25) is 4.79 Å². The summed E-state index contributed by atoms with van der Waals surface area (Å²) in [5.74, 6) is 1.14. The van der Waals surface area contributed by atoms with Gasteiger partial charge in [0.15, 0.2) is 0 Å². The maximum absolute atomic E-state index is 13.2. The van der Waals surface area contributed by atoms with Gasteiger partial charge < -0.3 is 14.4 Å². The molecule has 4 rings (SSSR count). The highest BCUT2D eigenvalue weighted by atomic mass is 16.5. The molecule has 188 valence electrons. The number of aromatic nitrogens is 4. The van der Waals surface area contributed by atoms with Crippen LogP contribution in [0, 0.1) is 5.92 Å². The van der Waals surface area contributed by atoms with Crippen LogP contribution in [0.3, 0.4) is 0 Å². The molecule has 1 aromatic heterocycles. The molecule has 0 aliphatic carbocycles. The van der Waals surface area contributed by atoms with Gasteiger partial charge in [-0.2, -0.15) is 5.21 Å². The number of fused-ring (bicyclic) bond motifs is 2. The van der Waals surface area contributed by atoms with Gasteiger partial charge in [-0.05, 0) is 41.3 Å². The van der Waals surface area contributed by atoms with E-state index in [4.69, 9.17) is 9.47 Å². The van der Waals surface area contributed by atoms with Crippen molar-refractivity contribution in [3.8, 4) is 11.5 Å². The second kappa shape index (κ2) is 11.2. The van der Waals surface area contributed by atoms with Crippen molar-refractivity contribution in [2.75, 3.05) is 7.11 Å². The van der Waals surface area contributed by atoms with Crippen LogP contribution in [0.15, 0.2) is 42.5 Å². The second-order valence-corrected chi connectivity index (χ2v) is 9.10. The Morgan fingerprint density at radius 1 is 1.14 bits per heavy atom. The molecule has 0 fully saturated rings. The number of aromatic amines is 1. The van der Waals surface area contributed by atoms with E-state index in [1.165, 1.54) is 7.11 Å². The number of rotatable bonds is 9. The molecule has 9 nitrogen and oxygen atoms in total. The number of unbranched alkanes of at least 4 members (excludes halogenated alkanes) is 1. The van der Waals surface area contributed by atoms with Gasteiger partial charge in [-0.1, -0.05) is 57.5 Å². The van der Waals surface area contributed by atoms with Crippen LogP contribution in [0.25, 0.3) is 11.6 Å². The number of benzene rings is 2. The zero-order valence-electron chi connectivity index (χ0n) is 21.0. The zero-order chi connectivity index (χ0) is 25.7. The summed E-state index contributed by atoms with van der Waals surface area (Å²) in [4.78, 5) is 27.6. The van der Waals surface area contributed by atoms with Crippen LogP contribution < -0.4 is 4.74 Å². The molecular formula is C27H31N5O4. The number of methoxy groups -OCH3 is 1. The van der Waals surface area contributed by atoms with E-state index in [0.29, 0.717) is 23.7 Å². The van der Waals surface area contributed by atoms with Crippen LogP contribution in [0.2, 0.25) is 0 Å². The van der Waals surface area contributed by atoms with E-state index in [1.54, 1.807) is 4.90 Å². The van der Waals surface area contributed by atoms with Crippen molar-refractivity contribution in [3.05, 3.63) is 65.0 Å². The van der Waals surface area contributed by atoms with E-state index < -0.39 is 12.0 Å². The third-order valence-corrected chi connectivity index (χ3v) is 6.19. The smallest absolute Gasteiger partial charge is 0.328 e. The van der Waals surface area contributed by atoms with Crippen molar-refractivity contribution in [2.45, 2.75) is 52.6 Å². The van der Waals surface area contributed by atoms with Gasteiger partial charge in [-0.15, -0.1) is 10.2 Å². The van der Waals surface area contributed by atoms with Crippen LogP contribution >= 0.6 is 0 Å². The maximum Gasteiger partial charge on any atom is 0.328 e. The van der Waals surface area contributed by atoms with Gasteiger partial charge in [-0.25, -0.2) is 4.79 Å². The number of hydrogen-bond acceptors (Lipinski definition) is 7. The summed E-state index contributed by atoms with van der Waals surface area (Å²) in [6.45, 7) is 6.12. The first-order valence-corrected chi connectivity index (χ1v) is 12.2. The lowest BCUT2D eigenvalue weighted by atomic mass is 9.98. The summed E-state index contributed by atoms with van der Waals surface area (Å²) < 4.78 is 11.4. The zero-order valence-corrected chi connectivity index (χ0v) is 21.0. The topological polar surface area (TPSA) is 110 Å². The van der Waals surface area contributed by atoms with Crippen LogP contribution in [0.4, 0.5) is 0 Å². The highest BCUT2D eigenvalue weighted by Gasteiger charge is 2.33. The highest BCUT2D eigenvalue weighted by Crippen LogP contribution is 2.40. The number of ether oxygens (including phenoxy) is 2. The molecule has 1 atom stereocenters. The minimum Gasteiger partial charge on any atom is -0.467 e. The Morgan fingerprint density at radius 2 is 1.94 bits per heavy atom.